The molecule has 140 valence electrons. The number of hydrogen-bond donors (Lipinski definition) is 3. The monoisotopic (exact) mass is 445 g/mol. The van der Waals surface area contributed by atoms with Crippen LogP contribution < -0.4 is 16.2 Å². The molecule has 3 N–H and O–H groups in total. The van der Waals surface area contributed by atoms with Crippen molar-refractivity contribution in [1.82, 2.24) is 25.9 Å². The maximum absolute atomic E-state index is 12.9. The van der Waals surface area contributed by atoms with Gasteiger partial charge in [-0.1, -0.05) is 22.0 Å². The van der Waals surface area contributed by atoms with E-state index in [0.717, 1.165) is 22.3 Å². The first-order chi connectivity index (χ1) is 13.0. The Kier molecular flexibility index (Phi) is 5.14. The molecule has 1 amide bonds. The molecule has 4 rings (SSSR count). The Labute approximate surface area is 170 Å². The number of aromatic nitrogens is 2. The minimum atomic E-state index is -0.126. The summed E-state index contributed by atoms with van der Waals surface area (Å²) in [6, 6.07) is 12.2. The van der Waals surface area contributed by atoms with E-state index in [1.807, 2.05) is 48.9 Å². The number of amides is 1. The molecule has 1 aliphatic rings. The first-order valence-corrected chi connectivity index (χ1v) is 10.4. The number of hydrazine groups is 1. The van der Waals surface area contributed by atoms with Crippen LogP contribution in [0.5, 0.6) is 0 Å². The van der Waals surface area contributed by atoms with Gasteiger partial charge in [0.15, 0.2) is 0 Å². The molecule has 1 saturated heterocycles. The molecule has 8 heteroatoms. The third-order valence-corrected chi connectivity index (χ3v) is 6.20. The third kappa shape index (κ3) is 3.70. The summed E-state index contributed by atoms with van der Waals surface area (Å²) >= 11 is 5.15. The first kappa shape index (κ1) is 18.4. The second kappa shape index (κ2) is 7.55. The highest BCUT2D eigenvalue weighted by atomic mass is 79.9. The van der Waals surface area contributed by atoms with Crippen molar-refractivity contribution in [2.24, 2.45) is 0 Å². The lowest BCUT2D eigenvalue weighted by atomic mass is 10.1. The lowest BCUT2D eigenvalue weighted by Crippen LogP contribution is -2.44. The van der Waals surface area contributed by atoms with E-state index >= 15 is 0 Å². The molecule has 1 aliphatic heterocycles. The number of benzene rings is 1. The number of halogens is 1. The number of hydrogen-bond acceptors (Lipinski definition) is 5. The van der Waals surface area contributed by atoms with Crippen LogP contribution in [0.1, 0.15) is 39.1 Å². The topological polar surface area (TPSA) is 71.0 Å². The zero-order valence-corrected chi connectivity index (χ0v) is 17.4. The number of nitrogens with one attached hydrogen (secondary N) is 3. The van der Waals surface area contributed by atoms with Crippen molar-refractivity contribution in [2.45, 2.75) is 32.5 Å². The molecule has 0 spiro atoms. The standard InChI is InChI=1S/C19H20BrN5OS/c1-11-18(12(2)25(24-11)14-7-5-13(20)6-8-14)19(26)21-17-10-15(22-23-17)16-4-3-9-27-16/h3-9,15,17,22-23H,10H2,1-2H3,(H,21,26). The predicted octanol–water partition coefficient (Wildman–Crippen LogP) is 3.61. The predicted molar refractivity (Wildman–Crippen MR) is 110 cm³/mol. The minimum absolute atomic E-state index is 0.112. The van der Waals surface area contributed by atoms with Crippen molar-refractivity contribution in [3.05, 3.63) is 68.1 Å². The SMILES string of the molecule is Cc1nn(-c2ccc(Br)cc2)c(C)c1C(=O)NC1CC(c2cccs2)NN1. The van der Waals surface area contributed by atoms with Gasteiger partial charge in [-0.15, -0.1) is 11.3 Å². The molecule has 2 aromatic heterocycles. The van der Waals surface area contributed by atoms with Gasteiger partial charge in [-0.25, -0.2) is 15.5 Å². The van der Waals surface area contributed by atoms with Crippen molar-refractivity contribution in [1.29, 1.82) is 0 Å². The van der Waals surface area contributed by atoms with Gasteiger partial charge in [0.25, 0.3) is 5.91 Å². The van der Waals surface area contributed by atoms with E-state index in [0.29, 0.717) is 11.3 Å². The fourth-order valence-corrected chi connectivity index (χ4v) is 4.42. The molecule has 0 saturated carbocycles. The normalized spacial score (nSPS) is 19.4. The summed E-state index contributed by atoms with van der Waals surface area (Å²) in [5.41, 5.74) is 9.52. The summed E-state index contributed by atoms with van der Waals surface area (Å²) in [6.07, 6.45) is 0.671. The van der Waals surface area contributed by atoms with Gasteiger partial charge >= 0.3 is 0 Å². The van der Waals surface area contributed by atoms with Crippen molar-refractivity contribution in [2.75, 3.05) is 0 Å². The molecule has 6 nitrogen and oxygen atoms in total. The smallest absolute Gasteiger partial charge is 0.256 e. The highest BCUT2D eigenvalue weighted by Crippen LogP contribution is 2.26. The van der Waals surface area contributed by atoms with Crippen LogP contribution in [0.15, 0.2) is 46.3 Å². The molecule has 3 heterocycles. The van der Waals surface area contributed by atoms with Gasteiger partial charge in [0, 0.05) is 15.8 Å². The summed E-state index contributed by atoms with van der Waals surface area (Å²) in [5, 5.41) is 9.70. The lowest BCUT2D eigenvalue weighted by Gasteiger charge is -2.12. The Morgan fingerprint density at radius 3 is 2.74 bits per heavy atom. The van der Waals surface area contributed by atoms with Crippen molar-refractivity contribution >= 4 is 33.2 Å². The maximum atomic E-state index is 12.9. The van der Waals surface area contributed by atoms with Gasteiger partial charge < -0.3 is 5.32 Å². The van der Waals surface area contributed by atoms with E-state index in [9.17, 15) is 4.79 Å². The van der Waals surface area contributed by atoms with E-state index in [1.54, 1.807) is 11.3 Å². The van der Waals surface area contributed by atoms with Gasteiger partial charge in [-0.3, -0.25) is 4.79 Å². The fraction of sp³-hybridized carbons (Fsp3) is 0.263. The van der Waals surface area contributed by atoms with Crippen LogP contribution >= 0.6 is 27.3 Å². The molecular formula is C19H20BrN5OS. The molecular weight excluding hydrogens is 426 g/mol. The van der Waals surface area contributed by atoms with Crippen molar-refractivity contribution < 1.29 is 4.79 Å². The quantitative estimate of drug-likeness (QED) is 0.573. The molecule has 0 bridgehead atoms. The van der Waals surface area contributed by atoms with Gasteiger partial charge in [0.1, 0.15) is 0 Å². The molecule has 2 unspecified atom stereocenters. The van der Waals surface area contributed by atoms with Crippen LogP contribution in [0, 0.1) is 13.8 Å². The number of aryl methyl sites for hydroxylation is 1. The van der Waals surface area contributed by atoms with Gasteiger partial charge in [0.2, 0.25) is 0 Å². The summed E-state index contributed by atoms with van der Waals surface area (Å²) < 4.78 is 2.82. The van der Waals surface area contributed by atoms with Crippen molar-refractivity contribution in [3.8, 4) is 5.69 Å². The molecule has 2 atom stereocenters. The Hall–Kier alpha value is -2.00. The van der Waals surface area contributed by atoms with E-state index in [4.69, 9.17) is 0 Å². The van der Waals surface area contributed by atoms with Gasteiger partial charge in [-0.2, -0.15) is 5.10 Å². The average Bonchev–Trinajstić information content (AvgIpc) is 3.36. The van der Waals surface area contributed by atoms with E-state index in [-0.39, 0.29) is 18.1 Å². The van der Waals surface area contributed by atoms with Crippen LogP contribution in [-0.2, 0) is 0 Å². The van der Waals surface area contributed by atoms with E-state index in [2.05, 4.69) is 48.6 Å². The molecule has 1 aromatic carbocycles. The summed E-state index contributed by atoms with van der Waals surface area (Å²) in [6.45, 7) is 3.79. The van der Waals surface area contributed by atoms with Crippen LogP contribution in [0.25, 0.3) is 5.69 Å². The van der Waals surface area contributed by atoms with Gasteiger partial charge in [-0.05, 0) is 49.6 Å². The average molecular weight is 446 g/mol. The van der Waals surface area contributed by atoms with Crippen LogP contribution in [-0.4, -0.2) is 21.9 Å². The highest BCUT2D eigenvalue weighted by Gasteiger charge is 2.28. The second-order valence-corrected chi connectivity index (χ2v) is 8.45. The van der Waals surface area contributed by atoms with Crippen molar-refractivity contribution in [3.63, 3.8) is 0 Å². The van der Waals surface area contributed by atoms with Crippen LogP contribution in [0.3, 0.4) is 0 Å². The third-order valence-electron chi connectivity index (χ3n) is 4.68. The Morgan fingerprint density at radius 1 is 1.26 bits per heavy atom. The zero-order chi connectivity index (χ0) is 19.0. The maximum Gasteiger partial charge on any atom is 0.256 e. The highest BCUT2D eigenvalue weighted by molar-refractivity contribution is 9.10. The first-order valence-electron chi connectivity index (χ1n) is 8.70. The number of rotatable bonds is 4. The summed E-state index contributed by atoms with van der Waals surface area (Å²) in [7, 11) is 0. The van der Waals surface area contributed by atoms with Crippen LogP contribution in [0.4, 0.5) is 0 Å². The summed E-state index contributed by atoms with van der Waals surface area (Å²) in [4.78, 5) is 14.2. The Balaban J connectivity index is 1.50. The van der Waals surface area contributed by atoms with Gasteiger partial charge in [0.05, 0.1) is 34.8 Å². The zero-order valence-electron chi connectivity index (χ0n) is 15.0. The Bertz CT molecular complexity index is 951. The molecule has 1 fully saturated rings. The largest absolute Gasteiger partial charge is 0.335 e. The molecule has 0 aliphatic carbocycles. The number of carbonyl (C=O) groups excluding carboxylic acids is 1. The summed E-state index contributed by atoms with van der Waals surface area (Å²) in [5.74, 6) is -0.112. The number of carbonyl (C=O) groups is 1. The number of thiophene rings is 1. The molecule has 27 heavy (non-hydrogen) atoms. The lowest BCUT2D eigenvalue weighted by molar-refractivity contribution is 0.0931. The molecule has 3 aromatic rings. The second-order valence-electron chi connectivity index (χ2n) is 6.55. The van der Waals surface area contributed by atoms with E-state index < -0.39 is 0 Å². The number of nitrogens with zero attached hydrogens (tertiary/aromatic N) is 2. The fourth-order valence-electron chi connectivity index (χ4n) is 3.36. The van der Waals surface area contributed by atoms with Crippen LogP contribution in [0.2, 0.25) is 0 Å². The molecule has 0 radical (unpaired) electrons. The Morgan fingerprint density at radius 2 is 2.04 bits per heavy atom. The van der Waals surface area contributed by atoms with E-state index in [1.165, 1.54) is 4.88 Å². The minimum Gasteiger partial charge on any atom is -0.335 e.